The monoisotopic (exact) mass is 275 g/mol. The average Bonchev–Trinajstić information content (AvgIpc) is 3.06. The standard InChI is InChI=1S/C13H13N3O2S/c1-8(10-3-2-5-18-10)14-7-11-15-9-4-6-19-12(9)13(17)16-11/h2-6,8,14H,7H2,1H3,(H,15,16,17)/t8-/m1/s1. The molecule has 0 saturated heterocycles. The molecule has 0 fully saturated rings. The lowest BCUT2D eigenvalue weighted by Crippen LogP contribution is -2.21. The first kappa shape index (κ1) is 12.1. The largest absolute Gasteiger partial charge is 0.468 e. The van der Waals surface area contributed by atoms with E-state index in [1.807, 2.05) is 30.5 Å². The molecule has 0 amide bonds. The molecule has 0 aliphatic rings. The molecule has 0 bridgehead atoms. The van der Waals surface area contributed by atoms with Gasteiger partial charge < -0.3 is 14.7 Å². The van der Waals surface area contributed by atoms with Gasteiger partial charge in [0.1, 0.15) is 16.3 Å². The van der Waals surface area contributed by atoms with Crippen LogP contribution in [0.5, 0.6) is 0 Å². The van der Waals surface area contributed by atoms with Crippen molar-refractivity contribution in [2.24, 2.45) is 0 Å². The number of rotatable bonds is 4. The van der Waals surface area contributed by atoms with Gasteiger partial charge in [-0.05, 0) is 30.5 Å². The molecular formula is C13H13N3O2S. The molecule has 3 aromatic rings. The van der Waals surface area contributed by atoms with E-state index in [2.05, 4.69) is 15.3 Å². The minimum atomic E-state index is -0.0811. The summed E-state index contributed by atoms with van der Waals surface area (Å²) in [6, 6.07) is 5.69. The fraction of sp³-hybridized carbons (Fsp3) is 0.231. The van der Waals surface area contributed by atoms with Crippen molar-refractivity contribution in [3.8, 4) is 0 Å². The van der Waals surface area contributed by atoms with Crippen LogP contribution < -0.4 is 10.9 Å². The van der Waals surface area contributed by atoms with Crippen LogP contribution in [-0.2, 0) is 6.54 Å². The van der Waals surface area contributed by atoms with Crippen LogP contribution in [0.3, 0.4) is 0 Å². The molecule has 98 valence electrons. The third-order valence-corrected chi connectivity index (χ3v) is 3.81. The van der Waals surface area contributed by atoms with Gasteiger partial charge in [0.2, 0.25) is 0 Å². The third kappa shape index (κ3) is 2.45. The number of furan rings is 1. The molecule has 1 atom stereocenters. The van der Waals surface area contributed by atoms with Gasteiger partial charge in [0, 0.05) is 0 Å². The minimum absolute atomic E-state index is 0.0680. The van der Waals surface area contributed by atoms with Crippen LogP contribution in [0, 0.1) is 0 Å². The van der Waals surface area contributed by atoms with Gasteiger partial charge in [-0.2, -0.15) is 0 Å². The molecule has 5 nitrogen and oxygen atoms in total. The molecule has 0 aliphatic carbocycles. The number of aromatic amines is 1. The molecule has 0 radical (unpaired) electrons. The second kappa shape index (κ2) is 4.99. The Bertz CT molecular complexity index is 730. The summed E-state index contributed by atoms with van der Waals surface area (Å²) < 4.78 is 5.98. The maximum absolute atomic E-state index is 11.8. The van der Waals surface area contributed by atoms with E-state index in [1.165, 1.54) is 11.3 Å². The number of nitrogens with one attached hydrogen (secondary N) is 2. The van der Waals surface area contributed by atoms with Crippen molar-refractivity contribution in [2.75, 3.05) is 0 Å². The number of H-pyrrole nitrogens is 1. The maximum atomic E-state index is 11.8. The molecule has 2 N–H and O–H groups in total. The Morgan fingerprint density at radius 3 is 3.21 bits per heavy atom. The molecule has 0 saturated carbocycles. The van der Waals surface area contributed by atoms with Crippen LogP contribution in [0.1, 0.15) is 24.6 Å². The number of thiophene rings is 1. The molecule has 3 aromatic heterocycles. The quantitative estimate of drug-likeness (QED) is 0.767. The second-order valence-corrected chi connectivity index (χ2v) is 5.18. The Morgan fingerprint density at radius 2 is 2.42 bits per heavy atom. The van der Waals surface area contributed by atoms with Gasteiger partial charge >= 0.3 is 0 Å². The topological polar surface area (TPSA) is 70.9 Å². The van der Waals surface area contributed by atoms with Crippen LogP contribution in [0.15, 0.2) is 39.1 Å². The summed E-state index contributed by atoms with van der Waals surface area (Å²) in [7, 11) is 0. The lowest BCUT2D eigenvalue weighted by atomic mass is 10.2. The summed E-state index contributed by atoms with van der Waals surface area (Å²) in [5.74, 6) is 1.49. The Balaban J connectivity index is 1.76. The lowest BCUT2D eigenvalue weighted by molar-refractivity contribution is 0.427. The van der Waals surface area contributed by atoms with E-state index in [1.54, 1.807) is 6.26 Å². The van der Waals surface area contributed by atoms with Gasteiger partial charge in [-0.15, -0.1) is 11.3 Å². The van der Waals surface area contributed by atoms with E-state index in [4.69, 9.17) is 4.42 Å². The molecule has 3 rings (SSSR count). The van der Waals surface area contributed by atoms with Gasteiger partial charge in [0.15, 0.2) is 0 Å². The predicted molar refractivity (Wildman–Crippen MR) is 74.2 cm³/mol. The molecule has 0 spiro atoms. The SMILES string of the molecule is C[C@@H](NCc1nc2ccsc2c(=O)[nH]1)c1ccco1. The summed E-state index contributed by atoms with van der Waals surface area (Å²) in [5, 5.41) is 5.13. The van der Waals surface area contributed by atoms with Crippen molar-refractivity contribution < 1.29 is 4.42 Å². The zero-order valence-electron chi connectivity index (χ0n) is 10.3. The normalized spacial score (nSPS) is 12.9. The van der Waals surface area contributed by atoms with E-state index in [0.29, 0.717) is 17.1 Å². The number of hydrogen-bond donors (Lipinski definition) is 2. The molecule has 0 unspecified atom stereocenters. The Morgan fingerprint density at radius 1 is 1.53 bits per heavy atom. The van der Waals surface area contributed by atoms with E-state index >= 15 is 0 Å². The number of hydrogen-bond acceptors (Lipinski definition) is 5. The highest BCUT2D eigenvalue weighted by Gasteiger charge is 2.09. The highest BCUT2D eigenvalue weighted by Crippen LogP contribution is 2.15. The molecule has 0 aromatic carbocycles. The predicted octanol–water partition coefficient (Wildman–Crippen LogP) is 2.43. The molecule has 6 heteroatoms. The highest BCUT2D eigenvalue weighted by molar-refractivity contribution is 7.17. The van der Waals surface area contributed by atoms with Crippen molar-refractivity contribution in [3.05, 3.63) is 51.8 Å². The zero-order chi connectivity index (χ0) is 13.2. The highest BCUT2D eigenvalue weighted by atomic mass is 32.1. The molecule has 0 aliphatic heterocycles. The average molecular weight is 275 g/mol. The molecule has 3 heterocycles. The number of nitrogens with zero attached hydrogens (tertiary/aromatic N) is 1. The second-order valence-electron chi connectivity index (χ2n) is 4.27. The minimum Gasteiger partial charge on any atom is -0.468 e. The Kier molecular flexibility index (Phi) is 3.18. The number of aromatic nitrogens is 2. The first-order valence-corrected chi connectivity index (χ1v) is 6.85. The van der Waals surface area contributed by atoms with E-state index in [-0.39, 0.29) is 11.6 Å². The summed E-state index contributed by atoms with van der Waals surface area (Å²) in [5.41, 5.74) is 0.665. The Hall–Kier alpha value is -1.92. The smallest absolute Gasteiger partial charge is 0.268 e. The fourth-order valence-electron chi connectivity index (χ4n) is 1.89. The first-order chi connectivity index (χ1) is 9.24. The van der Waals surface area contributed by atoms with Crippen molar-refractivity contribution >= 4 is 21.6 Å². The van der Waals surface area contributed by atoms with Crippen LogP contribution in [-0.4, -0.2) is 9.97 Å². The van der Waals surface area contributed by atoms with Crippen molar-refractivity contribution in [2.45, 2.75) is 19.5 Å². The van der Waals surface area contributed by atoms with Crippen LogP contribution in [0.25, 0.3) is 10.2 Å². The van der Waals surface area contributed by atoms with Crippen LogP contribution in [0.4, 0.5) is 0 Å². The van der Waals surface area contributed by atoms with E-state index < -0.39 is 0 Å². The van der Waals surface area contributed by atoms with Gasteiger partial charge in [-0.1, -0.05) is 0 Å². The van der Waals surface area contributed by atoms with Gasteiger partial charge in [-0.25, -0.2) is 4.98 Å². The summed E-state index contributed by atoms with van der Waals surface area (Å²) in [6.07, 6.45) is 1.64. The van der Waals surface area contributed by atoms with Crippen molar-refractivity contribution in [1.82, 2.24) is 15.3 Å². The maximum Gasteiger partial charge on any atom is 0.268 e. The van der Waals surface area contributed by atoms with Crippen molar-refractivity contribution in [3.63, 3.8) is 0 Å². The van der Waals surface area contributed by atoms with Gasteiger partial charge in [0.25, 0.3) is 5.56 Å². The number of fused-ring (bicyclic) bond motifs is 1. The van der Waals surface area contributed by atoms with Crippen molar-refractivity contribution in [1.29, 1.82) is 0 Å². The Labute approximate surface area is 113 Å². The van der Waals surface area contributed by atoms with Crippen LogP contribution >= 0.6 is 11.3 Å². The van der Waals surface area contributed by atoms with E-state index in [0.717, 1.165) is 11.3 Å². The fourth-order valence-corrected chi connectivity index (χ4v) is 2.62. The lowest BCUT2D eigenvalue weighted by Gasteiger charge is -2.10. The van der Waals surface area contributed by atoms with E-state index in [9.17, 15) is 4.79 Å². The molecular weight excluding hydrogens is 262 g/mol. The summed E-state index contributed by atoms with van der Waals surface area (Å²) in [4.78, 5) is 19.0. The zero-order valence-corrected chi connectivity index (χ0v) is 11.2. The third-order valence-electron chi connectivity index (χ3n) is 2.91. The summed E-state index contributed by atoms with van der Waals surface area (Å²) in [6.45, 7) is 2.49. The van der Waals surface area contributed by atoms with Crippen LogP contribution in [0.2, 0.25) is 0 Å². The van der Waals surface area contributed by atoms with Gasteiger partial charge in [-0.3, -0.25) is 4.79 Å². The van der Waals surface area contributed by atoms with Gasteiger partial charge in [0.05, 0.1) is 24.4 Å². The molecule has 19 heavy (non-hydrogen) atoms. The summed E-state index contributed by atoms with van der Waals surface area (Å²) >= 11 is 1.40. The first-order valence-electron chi connectivity index (χ1n) is 5.97.